The van der Waals surface area contributed by atoms with Gasteiger partial charge >= 0.3 is 5.69 Å². The second kappa shape index (κ2) is 7.17. The zero-order valence-electron chi connectivity index (χ0n) is 14.3. The summed E-state index contributed by atoms with van der Waals surface area (Å²) < 4.78 is 31.7. The topological polar surface area (TPSA) is 122 Å². The highest BCUT2D eigenvalue weighted by atomic mass is 32.2. The van der Waals surface area contributed by atoms with Crippen molar-refractivity contribution in [3.8, 4) is 5.75 Å². The number of carbonyl (C=O) groups is 1. The van der Waals surface area contributed by atoms with Gasteiger partial charge in [-0.05, 0) is 12.1 Å². The van der Waals surface area contributed by atoms with E-state index in [4.69, 9.17) is 4.74 Å². The van der Waals surface area contributed by atoms with E-state index >= 15 is 0 Å². The lowest BCUT2D eigenvalue weighted by Crippen LogP contribution is -2.57. The van der Waals surface area contributed by atoms with Crippen LogP contribution in [0.1, 0.15) is 0 Å². The van der Waals surface area contributed by atoms with Gasteiger partial charge in [0.2, 0.25) is 15.9 Å². The van der Waals surface area contributed by atoms with Gasteiger partial charge in [-0.25, -0.2) is 8.42 Å². The molecule has 26 heavy (non-hydrogen) atoms. The van der Waals surface area contributed by atoms with E-state index < -0.39 is 20.6 Å². The second-order valence-electron chi connectivity index (χ2n) is 6.18. The molecule has 2 saturated heterocycles. The van der Waals surface area contributed by atoms with Crippen LogP contribution in [0, 0.1) is 16.0 Å². The van der Waals surface area contributed by atoms with E-state index in [1.807, 2.05) is 0 Å². The zero-order chi connectivity index (χ0) is 18.9. The average molecular weight is 384 g/mol. The number of nitro groups is 1. The van der Waals surface area contributed by atoms with Crippen LogP contribution in [-0.2, 0) is 14.8 Å². The van der Waals surface area contributed by atoms with Crippen molar-refractivity contribution in [2.75, 3.05) is 46.4 Å². The summed E-state index contributed by atoms with van der Waals surface area (Å²) in [6, 6.07) is 3.57. The summed E-state index contributed by atoms with van der Waals surface area (Å²) in [5.74, 6) is 0.0155. The van der Waals surface area contributed by atoms with Crippen molar-refractivity contribution < 1.29 is 22.9 Å². The molecule has 0 aliphatic carbocycles. The molecule has 10 nitrogen and oxygen atoms in total. The molecule has 0 bridgehead atoms. The van der Waals surface area contributed by atoms with E-state index in [-0.39, 0.29) is 35.6 Å². The summed E-state index contributed by atoms with van der Waals surface area (Å²) in [5.41, 5.74) is -0.403. The fourth-order valence-corrected chi connectivity index (χ4v) is 4.44. The van der Waals surface area contributed by atoms with E-state index in [0.717, 1.165) is 6.07 Å². The van der Waals surface area contributed by atoms with Gasteiger partial charge in [-0.2, -0.15) is 4.31 Å². The second-order valence-corrected chi connectivity index (χ2v) is 8.11. The van der Waals surface area contributed by atoms with Gasteiger partial charge in [0.25, 0.3) is 0 Å². The Morgan fingerprint density at radius 1 is 1.27 bits per heavy atom. The van der Waals surface area contributed by atoms with Gasteiger partial charge in [-0.1, -0.05) is 0 Å². The maximum atomic E-state index is 12.8. The zero-order valence-corrected chi connectivity index (χ0v) is 15.1. The molecule has 142 valence electrons. The van der Waals surface area contributed by atoms with Gasteiger partial charge < -0.3 is 15.0 Å². The molecule has 2 aliphatic heterocycles. The van der Waals surface area contributed by atoms with Gasteiger partial charge in [-0.15, -0.1) is 0 Å². The van der Waals surface area contributed by atoms with Gasteiger partial charge in [0.05, 0.1) is 22.8 Å². The predicted molar refractivity (Wildman–Crippen MR) is 91.3 cm³/mol. The lowest BCUT2D eigenvalue weighted by atomic mass is 10.0. The number of carbonyl (C=O) groups excluding carboxylic acids is 1. The summed E-state index contributed by atoms with van der Waals surface area (Å²) in [4.78, 5) is 24.2. The standard InChI is InChI=1S/C15H20N4O6S/c1-25-14-3-2-12(8-13(14)19(21)22)26(23,24)18-6-4-17(5-7-18)15(20)11-9-16-10-11/h2-3,8,11,16H,4-7,9-10H2,1H3. The molecule has 0 aromatic heterocycles. The minimum Gasteiger partial charge on any atom is -0.490 e. The Hall–Kier alpha value is -2.24. The number of hydrogen-bond donors (Lipinski definition) is 1. The number of piperazine rings is 1. The van der Waals surface area contributed by atoms with Gasteiger partial charge in [0, 0.05) is 45.3 Å². The highest BCUT2D eigenvalue weighted by Crippen LogP contribution is 2.30. The van der Waals surface area contributed by atoms with Crippen LogP contribution in [0.5, 0.6) is 5.75 Å². The van der Waals surface area contributed by atoms with Gasteiger partial charge in [-0.3, -0.25) is 14.9 Å². The molecule has 1 aromatic carbocycles. The first-order chi connectivity index (χ1) is 12.3. The molecule has 2 aliphatic rings. The molecule has 2 heterocycles. The van der Waals surface area contributed by atoms with Gasteiger partial charge in [0.1, 0.15) is 0 Å². The average Bonchev–Trinajstić information content (AvgIpc) is 2.59. The maximum Gasteiger partial charge on any atom is 0.312 e. The number of sulfonamides is 1. The number of benzene rings is 1. The van der Waals surface area contributed by atoms with Crippen molar-refractivity contribution in [2.45, 2.75) is 4.90 Å². The first kappa shape index (κ1) is 18.5. The molecule has 1 amide bonds. The Morgan fingerprint density at radius 2 is 1.92 bits per heavy atom. The maximum absolute atomic E-state index is 12.8. The fraction of sp³-hybridized carbons (Fsp3) is 0.533. The molecule has 1 aromatic rings. The molecular weight excluding hydrogens is 364 g/mol. The molecule has 11 heteroatoms. The number of rotatable bonds is 5. The minimum atomic E-state index is -3.88. The van der Waals surface area contributed by atoms with E-state index in [1.54, 1.807) is 4.90 Å². The Kier molecular flexibility index (Phi) is 5.12. The van der Waals surface area contributed by atoms with Crippen molar-refractivity contribution >= 4 is 21.6 Å². The number of methoxy groups -OCH3 is 1. The SMILES string of the molecule is COc1ccc(S(=O)(=O)N2CCN(C(=O)C3CNC3)CC2)cc1[N+](=O)[O-]. The highest BCUT2D eigenvalue weighted by molar-refractivity contribution is 7.89. The smallest absolute Gasteiger partial charge is 0.312 e. The minimum absolute atomic E-state index is 0.00141. The van der Waals surface area contributed by atoms with E-state index in [1.165, 1.54) is 23.5 Å². The molecule has 0 unspecified atom stereocenters. The molecular formula is C15H20N4O6S. The Morgan fingerprint density at radius 3 is 2.42 bits per heavy atom. The Balaban J connectivity index is 1.74. The van der Waals surface area contributed by atoms with Crippen LogP contribution in [0.3, 0.4) is 0 Å². The van der Waals surface area contributed by atoms with Crippen molar-refractivity contribution in [1.29, 1.82) is 0 Å². The van der Waals surface area contributed by atoms with Crippen LogP contribution in [-0.4, -0.2) is 74.8 Å². The van der Waals surface area contributed by atoms with Crippen molar-refractivity contribution in [3.63, 3.8) is 0 Å². The third-order valence-electron chi connectivity index (χ3n) is 4.67. The van der Waals surface area contributed by atoms with Crippen molar-refractivity contribution in [1.82, 2.24) is 14.5 Å². The Bertz CT molecular complexity index is 815. The molecule has 1 N–H and O–H groups in total. The van der Waals surface area contributed by atoms with E-state index in [9.17, 15) is 23.3 Å². The van der Waals surface area contributed by atoms with Crippen molar-refractivity contribution in [3.05, 3.63) is 28.3 Å². The summed E-state index contributed by atoms with van der Waals surface area (Å²) in [5, 5.41) is 14.2. The van der Waals surface area contributed by atoms with Crippen molar-refractivity contribution in [2.24, 2.45) is 5.92 Å². The number of nitro benzene ring substituents is 1. The molecule has 0 atom stereocenters. The lowest BCUT2D eigenvalue weighted by molar-refractivity contribution is -0.386. The summed E-state index contributed by atoms with van der Waals surface area (Å²) in [7, 11) is -2.60. The third kappa shape index (κ3) is 3.37. The number of hydrogen-bond acceptors (Lipinski definition) is 7. The van der Waals surface area contributed by atoms with Gasteiger partial charge in [0.15, 0.2) is 5.75 Å². The molecule has 0 saturated carbocycles. The van der Waals surface area contributed by atoms with Crippen LogP contribution >= 0.6 is 0 Å². The van der Waals surface area contributed by atoms with Crippen LogP contribution in [0.4, 0.5) is 5.69 Å². The molecule has 2 fully saturated rings. The lowest BCUT2D eigenvalue weighted by Gasteiger charge is -2.37. The largest absolute Gasteiger partial charge is 0.490 e. The number of ether oxygens (including phenoxy) is 1. The number of nitrogens with one attached hydrogen (secondary N) is 1. The number of amides is 1. The van der Waals surface area contributed by atoms with Crippen LogP contribution in [0.25, 0.3) is 0 Å². The third-order valence-corrected chi connectivity index (χ3v) is 6.56. The molecule has 3 rings (SSSR count). The Labute approximate surface area is 150 Å². The first-order valence-electron chi connectivity index (χ1n) is 8.16. The quantitative estimate of drug-likeness (QED) is 0.544. The number of nitrogens with zero attached hydrogens (tertiary/aromatic N) is 3. The monoisotopic (exact) mass is 384 g/mol. The summed E-state index contributed by atoms with van der Waals surface area (Å²) >= 11 is 0. The summed E-state index contributed by atoms with van der Waals surface area (Å²) in [6.45, 7) is 2.27. The first-order valence-corrected chi connectivity index (χ1v) is 9.60. The van der Waals surface area contributed by atoms with Crippen LogP contribution in [0.15, 0.2) is 23.1 Å². The predicted octanol–water partition coefficient (Wildman–Crippen LogP) is -0.344. The summed E-state index contributed by atoms with van der Waals surface area (Å²) in [6.07, 6.45) is 0. The fourth-order valence-electron chi connectivity index (χ4n) is 2.99. The van der Waals surface area contributed by atoms with Crippen LogP contribution < -0.4 is 10.1 Å². The highest BCUT2D eigenvalue weighted by Gasteiger charge is 2.35. The molecule has 0 radical (unpaired) electrons. The van der Waals surface area contributed by atoms with E-state index in [2.05, 4.69) is 5.32 Å². The van der Waals surface area contributed by atoms with Crippen LogP contribution in [0.2, 0.25) is 0 Å². The normalized spacial score (nSPS) is 19.0. The van der Waals surface area contributed by atoms with E-state index in [0.29, 0.717) is 26.2 Å². The molecule has 0 spiro atoms.